The van der Waals surface area contributed by atoms with Crippen LogP contribution in [0.5, 0.6) is 11.5 Å². The van der Waals surface area contributed by atoms with Crippen LogP contribution in [-0.2, 0) is 12.6 Å². The molecule has 0 aliphatic rings. The molecule has 0 fully saturated rings. The lowest BCUT2D eigenvalue weighted by Crippen LogP contribution is -2.30. The van der Waals surface area contributed by atoms with E-state index in [-0.39, 0.29) is 24.5 Å². The Balaban J connectivity index is 1.93. The quantitative estimate of drug-likeness (QED) is 0.466. The summed E-state index contributed by atoms with van der Waals surface area (Å²) in [6.45, 7) is 3.69. The summed E-state index contributed by atoms with van der Waals surface area (Å²) in [4.78, 5) is 11.6. The van der Waals surface area contributed by atoms with Gasteiger partial charge in [0, 0.05) is 22.1 Å². The minimum atomic E-state index is -1.14. The molecular weight excluding hydrogens is 490 g/mol. The third-order valence-electron chi connectivity index (χ3n) is 4.49. The van der Waals surface area contributed by atoms with Crippen LogP contribution in [-0.4, -0.2) is 44.2 Å². The zero-order valence-electron chi connectivity index (χ0n) is 17.1. The molecule has 0 saturated carbocycles. The zero-order valence-corrected chi connectivity index (χ0v) is 19.4. The maximum absolute atomic E-state index is 11.6. The van der Waals surface area contributed by atoms with Crippen molar-refractivity contribution >= 4 is 33.5 Å². The third kappa shape index (κ3) is 5.00. The summed E-state index contributed by atoms with van der Waals surface area (Å²) in [6.07, 6.45) is 0. The first-order valence-electron chi connectivity index (χ1n) is 9.29. The SMILES string of the molecule is Cn1c(-c2ccc(OCCO)cc2Br)nnc1C(C)(C)Oc1ccc(Cl)cc1C(=O)O. The maximum Gasteiger partial charge on any atom is 0.339 e. The minimum absolute atomic E-state index is 0.0378. The largest absolute Gasteiger partial charge is 0.491 e. The Morgan fingerprint density at radius 1 is 1.23 bits per heavy atom. The van der Waals surface area contributed by atoms with Crippen LogP contribution in [0.1, 0.15) is 30.0 Å². The van der Waals surface area contributed by atoms with Crippen LogP contribution in [0.4, 0.5) is 0 Å². The number of benzene rings is 2. The molecule has 0 aliphatic heterocycles. The number of carbonyl (C=O) groups is 1. The van der Waals surface area contributed by atoms with Gasteiger partial charge in [0.15, 0.2) is 17.2 Å². The summed E-state index contributed by atoms with van der Waals surface area (Å²) >= 11 is 9.45. The highest BCUT2D eigenvalue weighted by Crippen LogP contribution is 2.34. The Hall–Kier alpha value is -2.62. The molecule has 0 amide bonds. The van der Waals surface area contributed by atoms with E-state index in [2.05, 4.69) is 26.1 Å². The van der Waals surface area contributed by atoms with Crippen molar-refractivity contribution in [3.63, 3.8) is 0 Å². The summed E-state index contributed by atoms with van der Waals surface area (Å²) in [5, 5.41) is 27.3. The van der Waals surface area contributed by atoms with E-state index >= 15 is 0 Å². The van der Waals surface area contributed by atoms with Crippen LogP contribution in [0.3, 0.4) is 0 Å². The molecular formula is C21H21BrClN3O5. The molecule has 2 N–H and O–H groups in total. The molecule has 0 saturated heterocycles. The number of hydrogen-bond donors (Lipinski definition) is 2. The monoisotopic (exact) mass is 509 g/mol. The van der Waals surface area contributed by atoms with Crippen molar-refractivity contribution < 1.29 is 24.5 Å². The molecule has 3 aromatic rings. The fraction of sp³-hybridized carbons (Fsp3) is 0.286. The standard InChI is InChI=1S/C21H21BrClN3O5/c1-21(2,31-17-7-4-12(23)10-15(17)19(28)29)20-25-24-18(26(20)3)14-6-5-13(11-16(14)22)30-9-8-27/h4-7,10-11,27H,8-9H2,1-3H3,(H,28,29). The molecule has 0 unspecified atom stereocenters. The van der Waals surface area contributed by atoms with Gasteiger partial charge in [-0.15, -0.1) is 10.2 Å². The van der Waals surface area contributed by atoms with Gasteiger partial charge in [-0.2, -0.15) is 0 Å². The Bertz CT molecular complexity index is 1120. The van der Waals surface area contributed by atoms with Crippen molar-refractivity contribution in [2.24, 2.45) is 7.05 Å². The van der Waals surface area contributed by atoms with E-state index in [1.807, 2.05) is 6.07 Å². The summed E-state index contributed by atoms with van der Waals surface area (Å²) in [6, 6.07) is 9.83. The summed E-state index contributed by atoms with van der Waals surface area (Å²) in [5.74, 6) is 0.736. The van der Waals surface area contributed by atoms with E-state index in [1.165, 1.54) is 12.1 Å². The highest BCUT2D eigenvalue weighted by Gasteiger charge is 2.32. The van der Waals surface area contributed by atoms with Gasteiger partial charge >= 0.3 is 5.97 Å². The van der Waals surface area contributed by atoms with E-state index in [9.17, 15) is 9.90 Å². The molecule has 0 aliphatic carbocycles. The molecule has 31 heavy (non-hydrogen) atoms. The maximum atomic E-state index is 11.6. The van der Waals surface area contributed by atoms with Crippen LogP contribution < -0.4 is 9.47 Å². The highest BCUT2D eigenvalue weighted by atomic mass is 79.9. The van der Waals surface area contributed by atoms with Gasteiger partial charge in [0.1, 0.15) is 23.7 Å². The number of aromatic carboxylic acids is 1. The van der Waals surface area contributed by atoms with E-state index in [0.29, 0.717) is 22.4 Å². The molecule has 0 atom stereocenters. The first kappa shape index (κ1) is 23.1. The lowest BCUT2D eigenvalue weighted by molar-refractivity contribution is 0.0662. The lowest BCUT2D eigenvalue weighted by atomic mass is 10.1. The topological polar surface area (TPSA) is 107 Å². The fourth-order valence-corrected chi connectivity index (χ4v) is 3.80. The van der Waals surface area contributed by atoms with Gasteiger partial charge in [-0.05, 0) is 66.2 Å². The number of carboxylic acid groups (broad SMARTS) is 1. The van der Waals surface area contributed by atoms with E-state index in [4.69, 9.17) is 26.2 Å². The number of halogens is 2. The van der Waals surface area contributed by atoms with Crippen molar-refractivity contribution in [3.05, 3.63) is 57.3 Å². The van der Waals surface area contributed by atoms with Gasteiger partial charge in [0.05, 0.1) is 6.61 Å². The Kier molecular flexibility index (Phi) is 6.88. The predicted molar refractivity (Wildman–Crippen MR) is 119 cm³/mol. The number of ether oxygens (including phenoxy) is 2. The van der Waals surface area contributed by atoms with Gasteiger partial charge in [0.2, 0.25) is 0 Å². The van der Waals surface area contributed by atoms with Crippen LogP contribution in [0.25, 0.3) is 11.4 Å². The zero-order chi connectivity index (χ0) is 22.8. The van der Waals surface area contributed by atoms with Gasteiger partial charge in [-0.3, -0.25) is 0 Å². The fourth-order valence-electron chi connectivity index (χ4n) is 3.10. The number of rotatable bonds is 8. The average molecular weight is 511 g/mol. The predicted octanol–water partition coefficient (Wildman–Crippen LogP) is 4.28. The second kappa shape index (κ2) is 9.25. The van der Waals surface area contributed by atoms with Gasteiger partial charge in [-0.25, -0.2) is 4.79 Å². The molecule has 10 heteroatoms. The number of hydrogen-bond acceptors (Lipinski definition) is 6. The van der Waals surface area contributed by atoms with Crippen molar-refractivity contribution in [2.45, 2.75) is 19.4 Å². The van der Waals surface area contributed by atoms with Gasteiger partial charge < -0.3 is 24.3 Å². The first-order valence-corrected chi connectivity index (χ1v) is 10.5. The van der Waals surface area contributed by atoms with Gasteiger partial charge in [0.25, 0.3) is 0 Å². The highest BCUT2D eigenvalue weighted by molar-refractivity contribution is 9.10. The Labute approximate surface area is 192 Å². The normalized spacial score (nSPS) is 11.4. The molecule has 8 nitrogen and oxygen atoms in total. The van der Waals surface area contributed by atoms with Gasteiger partial charge in [-0.1, -0.05) is 11.6 Å². The summed E-state index contributed by atoms with van der Waals surface area (Å²) in [5.41, 5.74) is -0.246. The van der Waals surface area contributed by atoms with Crippen molar-refractivity contribution in [3.8, 4) is 22.9 Å². The van der Waals surface area contributed by atoms with Crippen molar-refractivity contribution in [2.75, 3.05) is 13.2 Å². The second-order valence-electron chi connectivity index (χ2n) is 7.18. The molecule has 3 rings (SSSR count). The van der Waals surface area contributed by atoms with E-state index < -0.39 is 11.6 Å². The van der Waals surface area contributed by atoms with Crippen LogP contribution in [0.15, 0.2) is 40.9 Å². The third-order valence-corrected chi connectivity index (χ3v) is 5.38. The molecule has 1 heterocycles. The van der Waals surface area contributed by atoms with Crippen LogP contribution >= 0.6 is 27.5 Å². The molecule has 0 bridgehead atoms. The van der Waals surface area contributed by atoms with E-state index in [1.54, 1.807) is 43.7 Å². The Morgan fingerprint density at radius 2 is 1.97 bits per heavy atom. The number of nitrogens with zero attached hydrogens (tertiary/aromatic N) is 3. The number of carboxylic acids is 1. The smallest absolute Gasteiger partial charge is 0.339 e. The summed E-state index contributed by atoms with van der Waals surface area (Å²) < 4.78 is 14.0. The Morgan fingerprint density at radius 3 is 2.61 bits per heavy atom. The van der Waals surface area contributed by atoms with E-state index in [0.717, 1.165) is 10.0 Å². The number of aromatic nitrogens is 3. The molecule has 2 aromatic carbocycles. The minimum Gasteiger partial charge on any atom is -0.491 e. The number of aliphatic hydroxyl groups excluding tert-OH is 1. The lowest BCUT2D eigenvalue weighted by Gasteiger charge is -2.26. The molecule has 164 valence electrons. The molecule has 1 aromatic heterocycles. The number of aliphatic hydroxyl groups is 1. The summed E-state index contributed by atoms with van der Waals surface area (Å²) in [7, 11) is 1.80. The first-order chi connectivity index (χ1) is 14.6. The molecule has 0 radical (unpaired) electrons. The average Bonchev–Trinajstić information content (AvgIpc) is 3.09. The van der Waals surface area contributed by atoms with Crippen LogP contribution in [0.2, 0.25) is 5.02 Å². The van der Waals surface area contributed by atoms with Crippen LogP contribution in [0, 0.1) is 0 Å². The van der Waals surface area contributed by atoms with Crippen molar-refractivity contribution in [1.82, 2.24) is 14.8 Å². The second-order valence-corrected chi connectivity index (χ2v) is 8.47. The van der Waals surface area contributed by atoms with Crippen molar-refractivity contribution in [1.29, 1.82) is 0 Å². The molecule has 0 spiro atoms.